The Bertz CT molecular complexity index is 1380. The summed E-state index contributed by atoms with van der Waals surface area (Å²) in [4.78, 5) is 22.7. The topological polar surface area (TPSA) is 128 Å². The summed E-state index contributed by atoms with van der Waals surface area (Å²) in [5.74, 6) is 1.25. The summed E-state index contributed by atoms with van der Waals surface area (Å²) in [5, 5.41) is 21.1. The molecule has 6 rings (SSSR count). The van der Waals surface area contributed by atoms with Crippen molar-refractivity contribution in [3.8, 4) is 22.6 Å². The van der Waals surface area contributed by atoms with Gasteiger partial charge in [0, 0.05) is 50.4 Å². The second kappa shape index (κ2) is 9.16. The number of hydrogen-bond acceptors (Lipinski definition) is 8. The molecule has 4 atom stereocenters. The predicted molar refractivity (Wildman–Crippen MR) is 132 cm³/mol. The van der Waals surface area contributed by atoms with E-state index in [1.54, 1.807) is 31.1 Å². The smallest absolute Gasteiger partial charge is 0.257 e. The van der Waals surface area contributed by atoms with Crippen LogP contribution < -0.4 is 10.6 Å². The van der Waals surface area contributed by atoms with Crippen molar-refractivity contribution in [3.05, 3.63) is 42.4 Å². The number of hydrogen-bond donors (Lipinski definition) is 3. The number of pyridine rings is 1. The van der Waals surface area contributed by atoms with Gasteiger partial charge in [-0.2, -0.15) is 9.61 Å². The molecule has 1 aliphatic carbocycles. The number of carbonyl (C=O) groups excluding carboxylic acids is 1. The van der Waals surface area contributed by atoms with Gasteiger partial charge in [0.2, 0.25) is 0 Å². The number of aliphatic hydroxyl groups excluding tert-OH is 1. The lowest BCUT2D eigenvalue weighted by molar-refractivity contribution is -0.0383. The zero-order chi connectivity index (χ0) is 24.8. The maximum atomic E-state index is 13.1. The summed E-state index contributed by atoms with van der Waals surface area (Å²) < 4.78 is 14.5. The van der Waals surface area contributed by atoms with E-state index in [0.29, 0.717) is 42.4 Å². The van der Waals surface area contributed by atoms with E-state index in [0.717, 1.165) is 29.8 Å². The number of amides is 1. The minimum atomic E-state index is -0.596. The Hall–Kier alpha value is -3.54. The summed E-state index contributed by atoms with van der Waals surface area (Å²) in [7, 11) is 3.47. The molecular formula is C25H29N7O4. The molecule has 2 aromatic heterocycles. The molecule has 0 bridgehead atoms. The summed E-state index contributed by atoms with van der Waals surface area (Å²) in [6, 6.07) is 5.72. The lowest BCUT2D eigenvalue weighted by atomic mass is 9.89. The van der Waals surface area contributed by atoms with Crippen LogP contribution >= 0.6 is 0 Å². The van der Waals surface area contributed by atoms with Gasteiger partial charge in [0.05, 0.1) is 42.8 Å². The SMILES string of the molecule is CNc1cc(-c2cnc3n([C@@H]4CCOC[C@H]4O)cccc2-3)nc2c(C(=O)N[C@@H]3CC[C@H]3OC)cnn12. The van der Waals surface area contributed by atoms with Gasteiger partial charge in [-0.05, 0) is 31.4 Å². The molecule has 188 valence electrons. The van der Waals surface area contributed by atoms with Crippen LogP contribution in [-0.2, 0) is 9.47 Å². The Morgan fingerprint density at radius 2 is 2.14 bits per heavy atom. The van der Waals surface area contributed by atoms with Crippen LogP contribution in [0.4, 0.5) is 5.82 Å². The molecule has 2 fully saturated rings. The fourth-order valence-corrected chi connectivity index (χ4v) is 5.17. The first-order valence-electron chi connectivity index (χ1n) is 12.2. The van der Waals surface area contributed by atoms with Crippen molar-refractivity contribution in [2.24, 2.45) is 0 Å². The number of anilines is 1. The van der Waals surface area contributed by atoms with Crippen molar-refractivity contribution in [1.29, 1.82) is 0 Å². The number of rotatable bonds is 6. The Morgan fingerprint density at radius 3 is 2.89 bits per heavy atom. The van der Waals surface area contributed by atoms with Gasteiger partial charge >= 0.3 is 0 Å². The van der Waals surface area contributed by atoms with Crippen LogP contribution in [0.5, 0.6) is 0 Å². The van der Waals surface area contributed by atoms with E-state index in [2.05, 4.69) is 15.7 Å². The molecule has 3 aliphatic heterocycles. The van der Waals surface area contributed by atoms with E-state index in [9.17, 15) is 9.90 Å². The van der Waals surface area contributed by atoms with Gasteiger partial charge in [-0.1, -0.05) is 0 Å². The maximum Gasteiger partial charge on any atom is 0.257 e. The number of aliphatic hydroxyl groups is 1. The first kappa shape index (κ1) is 22.9. The highest BCUT2D eigenvalue weighted by Gasteiger charge is 2.33. The van der Waals surface area contributed by atoms with Gasteiger partial charge in [-0.15, -0.1) is 0 Å². The van der Waals surface area contributed by atoms with Crippen LogP contribution in [0.1, 0.15) is 35.7 Å². The second-order valence-electron chi connectivity index (χ2n) is 9.32. The van der Waals surface area contributed by atoms with Gasteiger partial charge in [-0.3, -0.25) is 4.79 Å². The third-order valence-corrected chi connectivity index (χ3v) is 7.33. The van der Waals surface area contributed by atoms with Gasteiger partial charge in [0.25, 0.3) is 5.91 Å². The van der Waals surface area contributed by atoms with E-state index < -0.39 is 6.10 Å². The molecule has 36 heavy (non-hydrogen) atoms. The lowest BCUT2D eigenvalue weighted by Crippen LogP contribution is -2.51. The van der Waals surface area contributed by atoms with Crippen LogP contribution in [0.25, 0.3) is 28.3 Å². The number of fused-ring (bicyclic) bond motifs is 2. The fraction of sp³-hybridized carbons (Fsp3) is 0.440. The zero-order valence-corrected chi connectivity index (χ0v) is 20.2. The maximum absolute atomic E-state index is 13.1. The summed E-state index contributed by atoms with van der Waals surface area (Å²) >= 11 is 0. The summed E-state index contributed by atoms with van der Waals surface area (Å²) in [6.45, 7) is 0.907. The Balaban J connectivity index is 1.38. The van der Waals surface area contributed by atoms with Crippen molar-refractivity contribution < 1.29 is 19.4 Å². The van der Waals surface area contributed by atoms with Gasteiger partial charge < -0.3 is 29.8 Å². The van der Waals surface area contributed by atoms with Crippen molar-refractivity contribution in [2.75, 3.05) is 32.7 Å². The third-order valence-electron chi connectivity index (χ3n) is 7.33. The molecule has 0 radical (unpaired) electrons. The van der Waals surface area contributed by atoms with Gasteiger partial charge in [-0.25, -0.2) is 9.97 Å². The van der Waals surface area contributed by atoms with E-state index >= 15 is 0 Å². The molecule has 4 aliphatic rings. The first-order valence-corrected chi connectivity index (χ1v) is 12.2. The average molecular weight is 492 g/mol. The number of nitrogens with one attached hydrogen (secondary N) is 2. The molecule has 11 heteroatoms. The molecule has 0 spiro atoms. The van der Waals surface area contributed by atoms with Crippen molar-refractivity contribution >= 4 is 17.4 Å². The van der Waals surface area contributed by atoms with Crippen molar-refractivity contribution in [3.63, 3.8) is 0 Å². The monoisotopic (exact) mass is 491 g/mol. The lowest BCUT2D eigenvalue weighted by Gasteiger charge is -2.35. The Kier molecular flexibility index (Phi) is 5.82. The molecule has 1 saturated heterocycles. The summed E-state index contributed by atoms with van der Waals surface area (Å²) in [5.41, 5.74) is 3.29. The van der Waals surface area contributed by atoms with Gasteiger partial charge in [0.1, 0.15) is 17.2 Å². The standard InChI is InChI=1S/C25H29N7O4/c1-26-22-10-18(29-24-16(12-28-32(22)24)25(34)30-17-5-6-21(17)35-2)15-11-27-23-14(15)4-3-8-31(23)19-7-9-36-13-20(19)33/h3-4,8,10-12,17,19-21,26,33H,5-7,9,13H2,1-2H3,(H,30,34)/t17-,19-,20-,21-/m1/s1. The van der Waals surface area contributed by atoms with Crippen molar-refractivity contribution in [2.45, 2.75) is 43.6 Å². The first-order chi connectivity index (χ1) is 17.6. The molecule has 5 heterocycles. The van der Waals surface area contributed by atoms with E-state index in [1.807, 2.05) is 29.0 Å². The largest absolute Gasteiger partial charge is 0.389 e. The third kappa shape index (κ3) is 3.71. The van der Waals surface area contributed by atoms with E-state index in [1.165, 1.54) is 0 Å². The van der Waals surface area contributed by atoms with Gasteiger partial charge in [0.15, 0.2) is 5.65 Å². The molecule has 0 aromatic carbocycles. The highest BCUT2D eigenvalue weighted by Crippen LogP contribution is 2.37. The highest BCUT2D eigenvalue weighted by molar-refractivity contribution is 6.00. The molecule has 3 N–H and O–H groups in total. The average Bonchev–Trinajstić information content (AvgIpc) is 3.51. The quantitative estimate of drug-likeness (QED) is 0.374. The number of ether oxygens (including phenoxy) is 2. The van der Waals surface area contributed by atoms with Crippen LogP contribution in [-0.4, -0.2) is 80.8 Å². The Morgan fingerprint density at radius 1 is 1.25 bits per heavy atom. The molecule has 1 amide bonds. The molecule has 11 nitrogen and oxygen atoms in total. The van der Waals surface area contributed by atoms with Crippen LogP contribution in [0, 0.1) is 0 Å². The minimum absolute atomic E-state index is 0.0106. The van der Waals surface area contributed by atoms with Crippen LogP contribution in [0.2, 0.25) is 0 Å². The van der Waals surface area contributed by atoms with E-state index in [-0.39, 0.29) is 24.1 Å². The zero-order valence-electron chi connectivity index (χ0n) is 20.2. The number of nitrogens with zero attached hydrogens (tertiary/aromatic N) is 5. The normalized spacial score (nSPS) is 24.1. The molecule has 0 unspecified atom stereocenters. The van der Waals surface area contributed by atoms with Crippen LogP contribution in [0.3, 0.4) is 0 Å². The minimum Gasteiger partial charge on any atom is -0.389 e. The summed E-state index contributed by atoms with van der Waals surface area (Å²) in [6.07, 6.45) is 7.25. The number of carbonyl (C=O) groups is 1. The number of methoxy groups -OCH3 is 1. The molecular weight excluding hydrogens is 462 g/mol. The second-order valence-corrected chi connectivity index (χ2v) is 9.32. The molecule has 2 aromatic rings. The number of aromatic nitrogens is 5. The van der Waals surface area contributed by atoms with Crippen LogP contribution in [0.15, 0.2) is 36.8 Å². The Labute approximate surface area is 207 Å². The van der Waals surface area contributed by atoms with Crippen molar-refractivity contribution in [1.82, 2.24) is 29.5 Å². The predicted octanol–water partition coefficient (Wildman–Crippen LogP) is 1.97. The molecule has 1 saturated carbocycles. The van der Waals surface area contributed by atoms with E-state index in [4.69, 9.17) is 19.4 Å². The highest BCUT2D eigenvalue weighted by atomic mass is 16.5. The fourth-order valence-electron chi connectivity index (χ4n) is 5.17.